The Morgan fingerprint density at radius 1 is 1.08 bits per heavy atom. The Bertz CT molecular complexity index is 657. The lowest BCUT2D eigenvalue weighted by Crippen LogP contribution is -2.21. The molecule has 0 bridgehead atoms. The van der Waals surface area contributed by atoms with Gasteiger partial charge in [-0.05, 0) is 55.3 Å². The van der Waals surface area contributed by atoms with Crippen LogP contribution in [-0.2, 0) is 20.0 Å². The Balaban J connectivity index is 1.29. The molecule has 2 fully saturated rings. The van der Waals surface area contributed by atoms with E-state index in [4.69, 9.17) is 0 Å². The molecule has 2 aliphatic rings. The zero-order chi connectivity index (χ0) is 16.4. The Morgan fingerprint density at radius 2 is 1.96 bits per heavy atom. The van der Waals surface area contributed by atoms with Crippen molar-refractivity contribution >= 4 is 5.82 Å². The second kappa shape index (κ2) is 6.93. The van der Waals surface area contributed by atoms with Gasteiger partial charge in [-0.2, -0.15) is 5.10 Å². The predicted molar refractivity (Wildman–Crippen MR) is 96.0 cm³/mol. The lowest BCUT2D eigenvalue weighted by molar-refractivity contribution is 0.316. The summed E-state index contributed by atoms with van der Waals surface area (Å²) in [4.78, 5) is 9.64. The van der Waals surface area contributed by atoms with Crippen LogP contribution in [0.3, 0.4) is 0 Å². The zero-order valence-corrected chi connectivity index (χ0v) is 14.6. The molecule has 0 N–H and O–H groups in total. The van der Waals surface area contributed by atoms with E-state index in [0.717, 1.165) is 37.8 Å². The quantitative estimate of drug-likeness (QED) is 0.846. The topological polar surface area (TPSA) is 37.2 Å². The second-order valence-electron chi connectivity index (χ2n) is 7.33. The molecule has 4 heterocycles. The van der Waals surface area contributed by atoms with Crippen LogP contribution in [0.5, 0.6) is 0 Å². The molecule has 1 atom stereocenters. The van der Waals surface area contributed by atoms with Crippen molar-refractivity contribution < 1.29 is 0 Å². The molecule has 128 valence electrons. The van der Waals surface area contributed by atoms with Crippen LogP contribution in [0.4, 0.5) is 5.82 Å². The minimum atomic E-state index is 0.756. The van der Waals surface area contributed by atoms with Crippen LogP contribution in [0.15, 0.2) is 30.7 Å². The van der Waals surface area contributed by atoms with Crippen LogP contribution in [0.25, 0.3) is 0 Å². The molecule has 0 aliphatic carbocycles. The summed E-state index contributed by atoms with van der Waals surface area (Å²) in [6, 6.07) is 4.46. The first kappa shape index (κ1) is 15.6. The molecule has 0 saturated carbocycles. The van der Waals surface area contributed by atoms with Crippen LogP contribution in [0.1, 0.15) is 30.4 Å². The van der Waals surface area contributed by atoms with E-state index in [0.29, 0.717) is 0 Å². The molecule has 5 nitrogen and oxygen atoms in total. The highest BCUT2D eigenvalue weighted by molar-refractivity contribution is 5.40. The molecule has 0 aromatic carbocycles. The third-order valence-corrected chi connectivity index (χ3v) is 5.30. The standard InChI is InChI=1S/C19H27N5/c1-22-13-18(12-21-22)10-16-6-9-23(14-16)15-17-4-5-19(20-11-17)24-7-2-3-8-24/h4-5,11-13,16H,2-3,6-10,14-15H2,1H3. The van der Waals surface area contributed by atoms with Gasteiger partial charge in [0, 0.05) is 45.6 Å². The van der Waals surface area contributed by atoms with Gasteiger partial charge in [0.2, 0.25) is 0 Å². The molecule has 0 spiro atoms. The highest BCUT2D eigenvalue weighted by Crippen LogP contribution is 2.23. The van der Waals surface area contributed by atoms with E-state index < -0.39 is 0 Å². The summed E-state index contributed by atoms with van der Waals surface area (Å²) in [6.45, 7) is 5.72. The van der Waals surface area contributed by atoms with Gasteiger partial charge in [-0.3, -0.25) is 9.58 Å². The van der Waals surface area contributed by atoms with E-state index in [9.17, 15) is 0 Å². The second-order valence-corrected chi connectivity index (χ2v) is 7.33. The van der Waals surface area contributed by atoms with Gasteiger partial charge in [0.1, 0.15) is 5.82 Å². The zero-order valence-electron chi connectivity index (χ0n) is 14.6. The molecule has 0 amide bonds. The lowest BCUT2D eigenvalue weighted by Gasteiger charge is -2.18. The Kier molecular flexibility index (Phi) is 4.52. The largest absolute Gasteiger partial charge is 0.357 e. The smallest absolute Gasteiger partial charge is 0.128 e. The summed E-state index contributed by atoms with van der Waals surface area (Å²) in [5.41, 5.74) is 2.70. The highest BCUT2D eigenvalue weighted by atomic mass is 15.2. The van der Waals surface area contributed by atoms with Crippen molar-refractivity contribution in [3.63, 3.8) is 0 Å². The molecule has 24 heavy (non-hydrogen) atoms. The van der Waals surface area contributed by atoms with Crippen molar-refractivity contribution in [2.24, 2.45) is 13.0 Å². The lowest BCUT2D eigenvalue weighted by atomic mass is 10.0. The number of aryl methyl sites for hydroxylation is 1. The van der Waals surface area contributed by atoms with E-state index in [1.807, 2.05) is 17.9 Å². The van der Waals surface area contributed by atoms with E-state index >= 15 is 0 Å². The Labute approximate surface area is 144 Å². The van der Waals surface area contributed by atoms with Gasteiger partial charge < -0.3 is 4.90 Å². The monoisotopic (exact) mass is 325 g/mol. The molecule has 0 radical (unpaired) electrons. The summed E-state index contributed by atoms with van der Waals surface area (Å²) in [7, 11) is 1.99. The van der Waals surface area contributed by atoms with Crippen LogP contribution in [0.2, 0.25) is 0 Å². The van der Waals surface area contributed by atoms with E-state index in [-0.39, 0.29) is 0 Å². The Hall–Kier alpha value is -1.88. The average molecular weight is 325 g/mol. The van der Waals surface area contributed by atoms with Gasteiger partial charge in [-0.1, -0.05) is 6.07 Å². The number of nitrogens with zero attached hydrogens (tertiary/aromatic N) is 5. The first-order chi connectivity index (χ1) is 11.8. The summed E-state index contributed by atoms with van der Waals surface area (Å²) in [6.07, 6.45) is 11.3. The maximum Gasteiger partial charge on any atom is 0.128 e. The fraction of sp³-hybridized carbons (Fsp3) is 0.579. The van der Waals surface area contributed by atoms with Crippen molar-refractivity contribution in [1.82, 2.24) is 19.7 Å². The fourth-order valence-electron chi connectivity index (χ4n) is 4.04. The molecule has 2 aromatic heterocycles. The molecule has 2 aliphatic heterocycles. The minimum Gasteiger partial charge on any atom is -0.357 e. The van der Waals surface area contributed by atoms with Gasteiger partial charge >= 0.3 is 0 Å². The number of rotatable bonds is 5. The van der Waals surface area contributed by atoms with Gasteiger partial charge in [-0.15, -0.1) is 0 Å². The maximum absolute atomic E-state index is 4.68. The third kappa shape index (κ3) is 3.61. The third-order valence-electron chi connectivity index (χ3n) is 5.30. The van der Waals surface area contributed by atoms with Crippen LogP contribution in [0, 0.1) is 5.92 Å². The molecule has 2 saturated heterocycles. The van der Waals surface area contributed by atoms with Crippen LogP contribution >= 0.6 is 0 Å². The summed E-state index contributed by atoms with van der Waals surface area (Å²) >= 11 is 0. The summed E-state index contributed by atoms with van der Waals surface area (Å²) in [5.74, 6) is 1.90. The van der Waals surface area contributed by atoms with Crippen molar-refractivity contribution in [3.8, 4) is 0 Å². The van der Waals surface area contributed by atoms with Crippen LogP contribution < -0.4 is 4.90 Å². The van der Waals surface area contributed by atoms with Gasteiger partial charge in [-0.25, -0.2) is 4.98 Å². The minimum absolute atomic E-state index is 0.756. The fourth-order valence-corrected chi connectivity index (χ4v) is 4.04. The van der Waals surface area contributed by atoms with Crippen LogP contribution in [-0.4, -0.2) is 45.8 Å². The summed E-state index contributed by atoms with van der Waals surface area (Å²) < 4.78 is 1.90. The molecular weight excluding hydrogens is 298 g/mol. The van der Waals surface area contributed by atoms with Crippen molar-refractivity contribution in [3.05, 3.63) is 41.9 Å². The van der Waals surface area contributed by atoms with E-state index in [1.165, 1.54) is 43.5 Å². The van der Waals surface area contributed by atoms with Gasteiger partial charge in [0.25, 0.3) is 0 Å². The van der Waals surface area contributed by atoms with Crippen molar-refractivity contribution in [2.75, 3.05) is 31.1 Å². The first-order valence-corrected chi connectivity index (χ1v) is 9.16. The number of hydrogen-bond donors (Lipinski definition) is 0. The highest BCUT2D eigenvalue weighted by Gasteiger charge is 2.23. The number of likely N-dealkylation sites (tertiary alicyclic amines) is 1. The number of anilines is 1. The van der Waals surface area contributed by atoms with Crippen molar-refractivity contribution in [1.29, 1.82) is 0 Å². The first-order valence-electron chi connectivity index (χ1n) is 9.16. The predicted octanol–water partition coefficient (Wildman–Crippen LogP) is 2.48. The van der Waals surface area contributed by atoms with Gasteiger partial charge in [0.15, 0.2) is 0 Å². The van der Waals surface area contributed by atoms with Gasteiger partial charge in [0.05, 0.1) is 6.20 Å². The Morgan fingerprint density at radius 3 is 2.67 bits per heavy atom. The van der Waals surface area contributed by atoms with E-state index in [1.54, 1.807) is 0 Å². The number of pyridine rings is 1. The van der Waals surface area contributed by atoms with Crippen molar-refractivity contribution in [2.45, 2.75) is 32.2 Å². The average Bonchev–Trinajstić information content (AvgIpc) is 3.32. The molecule has 1 unspecified atom stereocenters. The molecule has 4 rings (SSSR count). The normalized spacial score (nSPS) is 21.7. The maximum atomic E-state index is 4.68. The number of hydrogen-bond acceptors (Lipinski definition) is 4. The molecular formula is C19H27N5. The molecule has 5 heteroatoms. The summed E-state index contributed by atoms with van der Waals surface area (Å²) in [5, 5.41) is 4.28. The van der Waals surface area contributed by atoms with E-state index in [2.05, 4.69) is 44.4 Å². The number of aromatic nitrogens is 3. The molecule has 2 aromatic rings. The SMILES string of the molecule is Cn1cc(CC2CCN(Cc3ccc(N4CCCC4)nc3)C2)cn1.